The first-order chi connectivity index (χ1) is 12.7. The average molecular weight is 353 g/mol. The Labute approximate surface area is 153 Å². The number of benzene rings is 1. The molecule has 0 spiro atoms. The fourth-order valence-electron chi connectivity index (χ4n) is 2.31. The van der Waals surface area contributed by atoms with Crippen LogP contribution in [0.4, 0.5) is 5.69 Å². The maximum atomic E-state index is 12.0. The summed E-state index contributed by atoms with van der Waals surface area (Å²) in [5.41, 5.74) is 1.38. The van der Waals surface area contributed by atoms with Crippen molar-refractivity contribution in [2.24, 2.45) is 4.99 Å². The third-order valence-electron chi connectivity index (χ3n) is 3.61. The summed E-state index contributed by atoms with van der Waals surface area (Å²) in [6, 6.07) is 7.14. The smallest absolute Gasteiger partial charge is 0.243 e. The molecule has 1 aromatic heterocycles. The lowest BCUT2D eigenvalue weighted by Gasteiger charge is -2.13. The molecule has 0 aliphatic carbocycles. The number of terminal acetylenes is 1. The number of aryl methyl sites for hydroxylation is 1. The van der Waals surface area contributed by atoms with Crippen molar-refractivity contribution in [3.8, 4) is 12.3 Å². The normalized spacial score (nSPS) is 10.9. The number of hydrogen-bond donors (Lipinski definition) is 3. The van der Waals surface area contributed by atoms with Crippen molar-refractivity contribution in [3.63, 3.8) is 0 Å². The summed E-state index contributed by atoms with van der Waals surface area (Å²) in [7, 11) is 1.65. The Balaban J connectivity index is 1.75. The van der Waals surface area contributed by atoms with Gasteiger partial charge in [0.15, 0.2) is 5.96 Å². The van der Waals surface area contributed by atoms with E-state index in [1.807, 2.05) is 11.5 Å². The summed E-state index contributed by atoms with van der Waals surface area (Å²) >= 11 is 0. The molecule has 0 atom stereocenters. The minimum Gasteiger partial charge on any atom is -0.355 e. The van der Waals surface area contributed by atoms with Gasteiger partial charge in [0.2, 0.25) is 5.91 Å². The highest BCUT2D eigenvalue weighted by Gasteiger charge is 2.05. The summed E-state index contributed by atoms with van der Waals surface area (Å²) in [5, 5.41) is 16.8. The van der Waals surface area contributed by atoms with Crippen LogP contribution in [0, 0.1) is 12.3 Å². The molecule has 8 heteroatoms. The first-order valence-electron chi connectivity index (χ1n) is 8.34. The molecule has 2 rings (SSSR count). The van der Waals surface area contributed by atoms with Crippen molar-refractivity contribution < 1.29 is 4.79 Å². The van der Waals surface area contributed by atoms with E-state index in [0.29, 0.717) is 30.3 Å². The van der Waals surface area contributed by atoms with Crippen LogP contribution in [0.15, 0.2) is 35.6 Å². The number of hydrogen-bond acceptors (Lipinski definition) is 4. The number of anilines is 1. The Kier molecular flexibility index (Phi) is 7.18. The molecule has 0 saturated carbocycles. The SMILES string of the molecule is C#Cc1cccc(NC(=O)CNC(=NC)NCCn2cnnc2CC)c1. The summed E-state index contributed by atoms with van der Waals surface area (Å²) in [6.45, 7) is 3.47. The third kappa shape index (κ3) is 5.63. The molecule has 0 saturated heterocycles. The number of rotatable bonds is 7. The van der Waals surface area contributed by atoms with Gasteiger partial charge >= 0.3 is 0 Å². The van der Waals surface area contributed by atoms with Crippen molar-refractivity contribution in [3.05, 3.63) is 42.0 Å². The van der Waals surface area contributed by atoms with Crippen LogP contribution in [-0.2, 0) is 17.8 Å². The predicted molar refractivity (Wildman–Crippen MR) is 102 cm³/mol. The molecule has 1 heterocycles. The van der Waals surface area contributed by atoms with Gasteiger partial charge in [0.1, 0.15) is 12.2 Å². The Hall–Kier alpha value is -3.34. The van der Waals surface area contributed by atoms with Crippen molar-refractivity contribution in [1.29, 1.82) is 0 Å². The third-order valence-corrected chi connectivity index (χ3v) is 3.61. The Morgan fingerprint density at radius 2 is 2.23 bits per heavy atom. The van der Waals surface area contributed by atoms with E-state index in [1.165, 1.54) is 0 Å². The molecule has 3 N–H and O–H groups in total. The quantitative estimate of drug-likeness (QED) is 0.385. The van der Waals surface area contributed by atoms with Gasteiger partial charge in [-0.15, -0.1) is 16.6 Å². The molecule has 8 nitrogen and oxygen atoms in total. The van der Waals surface area contributed by atoms with Gasteiger partial charge in [-0.2, -0.15) is 0 Å². The second-order valence-corrected chi connectivity index (χ2v) is 5.42. The number of guanidine groups is 1. The highest BCUT2D eigenvalue weighted by atomic mass is 16.1. The van der Waals surface area contributed by atoms with Gasteiger partial charge in [-0.1, -0.05) is 18.9 Å². The average Bonchev–Trinajstić information content (AvgIpc) is 3.12. The largest absolute Gasteiger partial charge is 0.355 e. The Bertz CT molecular complexity index is 804. The highest BCUT2D eigenvalue weighted by Crippen LogP contribution is 2.09. The van der Waals surface area contributed by atoms with Gasteiger partial charge in [-0.3, -0.25) is 9.79 Å². The van der Waals surface area contributed by atoms with Crippen molar-refractivity contribution in [2.45, 2.75) is 19.9 Å². The van der Waals surface area contributed by atoms with Gasteiger partial charge in [0.25, 0.3) is 0 Å². The minimum absolute atomic E-state index is 0.0901. The molecule has 1 aromatic carbocycles. The fourth-order valence-corrected chi connectivity index (χ4v) is 2.31. The van der Waals surface area contributed by atoms with Gasteiger partial charge in [-0.25, -0.2) is 0 Å². The van der Waals surface area contributed by atoms with Gasteiger partial charge in [0.05, 0.1) is 6.54 Å². The predicted octanol–water partition coefficient (Wildman–Crippen LogP) is 0.626. The fraction of sp³-hybridized carbons (Fsp3) is 0.333. The van der Waals surface area contributed by atoms with E-state index in [4.69, 9.17) is 6.42 Å². The molecule has 136 valence electrons. The second-order valence-electron chi connectivity index (χ2n) is 5.42. The molecule has 0 unspecified atom stereocenters. The Morgan fingerprint density at radius 1 is 1.38 bits per heavy atom. The lowest BCUT2D eigenvalue weighted by atomic mass is 10.2. The van der Waals surface area contributed by atoms with Gasteiger partial charge in [0, 0.05) is 37.8 Å². The van der Waals surface area contributed by atoms with E-state index in [9.17, 15) is 4.79 Å². The van der Waals surface area contributed by atoms with Crippen LogP contribution in [0.1, 0.15) is 18.3 Å². The zero-order chi connectivity index (χ0) is 18.8. The zero-order valence-electron chi connectivity index (χ0n) is 15.0. The van der Waals surface area contributed by atoms with E-state index >= 15 is 0 Å². The van der Waals surface area contributed by atoms with E-state index in [-0.39, 0.29) is 12.5 Å². The molecule has 2 aromatic rings. The standard InChI is InChI=1S/C18H23N7O/c1-4-14-7-6-8-15(11-14)23-17(26)12-21-18(19-3)20-9-10-25-13-22-24-16(25)5-2/h1,6-8,11,13H,5,9-10,12H2,2-3H3,(H,23,26)(H2,19,20,21). The molecule has 0 bridgehead atoms. The van der Waals surface area contributed by atoms with Crippen LogP contribution in [0.25, 0.3) is 0 Å². The summed E-state index contributed by atoms with van der Waals surface area (Å²) in [5.74, 6) is 3.83. The van der Waals surface area contributed by atoms with Crippen LogP contribution in [0.5, 0.6) is 0 Å². The first kappa shape index (κ1) is 19.0. The molecule has 0 aliphatic rings. The number of amides is 1. The van der Waals surface area contributed by atoms with Gasteiger partial charge < -0.3 is 20.5 Å². The number of carbonyl (C=O) groups excluding carboxylic acids is 1. The number of aromatic nitrogens is 3. The number of nitrogens with one attached hydrogen (secondary N) is 3. The number of nitrogens with zero attached hydrogens (tertiary/aromatic N) is 4. The molecular formula is C18H23N7O. The molecule has 0 aliphatic heterocycles. The van der Waals surface area contributed by atoms with Crippen molar-refractivity contribution in [1.82, 2.24) is 25.4 Å². The van der Waals surface area contributed by atoms with Crippen LogP contribution < -0.4 is 16.0 Å². The van der Waals surface area contributed by atoms with E-state index < -0.39 is 0 Å². The Morgan fingerprint density at radius 3 is 2.96 bits per heavy atom. The first-order valence-corrected chi connectivity index (χ1v) is 8.34. The maximum absolute atomic E-state index is 12.0. The minimum atomic E-state index is -0.186. The topological polar surface area (TPSA) is 96.2 Å². The van der Waals surface area contributed by atoms with E-state index in [2.05, 4.69) is 37.1 Å². The monoisotopic (exact) mass is 353 g/mol. The summed E-state index contributed by atoms with van der Waals surface area (Å²) in [6.07, 6.45) is 7.89. The van der Waals surface area contributed by atoms with E-state index in [1.54, 1.807) is 37.6 Å². The van der Waals surface area contributed by atoms with Crippen LogP contribution in [0.2, 0.25) is 0 Å². The second kappa shape index (κ2) is 9.84. The lowest BCUT2D eigenvalue weighted by Crippen LogP contribution is -2.42. The van der Waals surface area contributed by atoms with Crippen LogP contribution >= 0.6 is 0 Å². The zero-order valence-corrected chi connectivity index (χ0v) is 15.0. The molecule has 1 amide bonds. The number of aliphatic imine (C=N–C) groups is 1. The number of carbonyl (C=O) groups is 1. The van der Waals surface area contributed by atoms with Gasteiger partial charge in [-0.05, 0) is 18.2 Å². The van der Waals surface area contributed by atoms with Crippen LogP contribution in [-0.4, -0.2) is 46.8 Å². The van der Waals surface area contributed by atoms with E-state index in [0.717, 1.165) is 12.2 Å². The van der Waals surface area contributed by atoms with Crippen molar-refractivity contribution >= 4 is 17.6 Å². The summed E-state index contributed by atoms with van der Waals surface area (Å²) < 4.78 is 1.98. The molecule has 26 heavy (non-hydrogen) atoms. The molecule has 0 radical (unpaired) electrons. The maximum Gasteiger partial charge on any atom is 0.243 e. The molecular weight excluding hydrogens is 330 g/mol. The molecule has 0 fully saturated rings. The van der Waals surface area contributed by atoms with Crippen molar-refractivity contribution in [2.75, 3.05) is 25.5 Å². The summed E-state index contributed by atoms with van der Waals surface area (Å²) in [4.78, 5) is 16.2. The lowest BCUT2D eigenvalue weighted by molar-refractivity contribution is -0.115. The van der Waals surface area contributed by atoms with Crippen LogP contribution in [0.3, 0.4) is 0 Å². The highest BCUT2D eigenvalue weighted by molar-refractivity contribution is 5.95.